The zero-order valence-electron chi connectivity index (χ0n) is 27.8. The van der Waals surface area contributed by atoms with Crippen molar-refractivity contribution in [1.82, 2.24) is 19.9 Å². The molecule has 1 unspecified atom stereocenters. The van der Waals surface area contributed by atoms with E-state index < -0.39 is 29.7 Å². The summed E-state index contributed by atoms with van der Waals surface area (Å²) in [6.45, 7) is 6.30. The van der Waals surface area contributed by atoms with Crippen LogP contribution in [0.5, 0.6) is 17.6 Å². The van der Waals surface area contributed by atoms with Crippen molar-refractivity contribution in [3.8, 4) is 41.2 Å². The summed E-state index contributed by atoms with van der Waals surface area (Å²) in [7, 11) is 1.41. The third-order valence-corrected chi connectivity index (χ3v) is 9.80. The molecule has 2 aromatic heterocycles. The van der Waals surface area contributed by atoms with Crippen LogP contribution in [-0.2, 0) is 4.79 Å². The van der Waals surface area contributed by atoms with E-state index in [1.807, 2.05) is 0 Å². The maximum atomic E-state index is 16.6. The van der Waals surface area contributed by atoms with Gasteiger partial charge in [-0.2, -0.15) is 9.97 Å². The lowest BCUT2D eigenvalue weighted by atomic mass is 9.95. The fourth-order valence-electron chi connectivity index (χ4n) is 7.37. The first kappa shape index (κ1) is 37.6. The van der Waals surface area contributed by atoms with Crippen LogP contribution in [-0.4, -0.2) is 77.4 Å². The van der Waals surface area contributed by atoms with E-state index in [9.17, 15) is 13.6 Å². The highest BCUT2D eigenvalue weighted by atomic mass is 19.1. The molecule has 3 atom stereocenters. The Labute approximate surface area is 297 Å². The number of halogens is 3. The molecule has 3 saturated heterocycles. The number of hydrogen-bond acceptors (Lipinski definition) is 9. The lowest BCUT2D eigenvalue weighted by Gasteiger charge is -2.34. The summed E-state index contributed by atoms with van der Waals surface area (Å²) >= 11 is 0. The standard InChI is InChI=1S/C30H26F2N4O4.C7H12FN.2CH4/c1-5-19-21(31)10-9-16-12-18(40-29(37)15(2)3)13-20(22(16)19)25-24(32)26-23-27(35-30(34-26)38-4)36-11-7-6-8-17(36)14-39-28(23)33-25;8-6-4-7-2-1-3-9(7)5-6;;/h1,9-10,12-13,15,17H,6-8,11,14H2,2-4H3;6-7H,1-5H2;2*1H4/t17-;6-,7?;;/m01../s1. The summed E-state index contributed by atoms with van der Waals surface area (Å²) in [4.78, 5) is 30.3. The molecule has 51 heavy (non-hydrogen) atoms. The Hall–Kier alpha value is -4.63. The van der Waals surface area contributed by atoms with Gasteiger partial charge in [-0.25, -0.2) is 18.2 Å². The SMILES string of the molecule is C.C.C#Cc1c(F)ccc2cc(OC(=O)C(C)C)cc(-c3nc4c5c(nc(OC)nc5c3F)N3CCCC[C@H]3CO4)c12.F[C@@H]1CC2CCCN2C1. The maximum Gasteiger partial charge on any atom is 0.318 e. The summed E-state index contributed by atoms with van der Waals surface area (Å²) in [6, 6.07) is 6.34. The summed E-state index contributed by atoms with van der Waals surface area (Å²) in [5.41, 5.74) is -0.162. The molecule has 0 spiro atoms. The molecule has 8 rings (SSSR count). The van der Waals surface area contributed by atoms with Crippen LogP contribution in [0.2, 0.25) is 0 Å². The van der Waals surface area contributed by atoms with Crippen LogP contribution in [0, 0.1) is 29.9 Å². The summed E-state index contributed by atoms with van der Waals surface area (Å²) in [6.07, 6.45) is 11.4. The van der Waals surface area contributed by atoms with E-state index in [0.717, 1.165) is 38.8 Å². The maximum absolute atomic E-state index is 16.6. The van der Waals surface area contributed by atoms with Crippen molar-refractivity contribution in [3.63, 3.8) is 0 Å². The van der Waals surface area contributed by atoms with E-state index in [2.05, 4.69) is 30.7 Å². The molecule has 272 valence electrons. The number of benzene rings is 2. The molecular formula is C39H46F3N5O4. The van der Waals surface area contributed by atoms with Gasteiger partial charge in [0.15, 0.2) is 5.82 Å². The molecule has 6 heterocycles. The zero-order valence-corrected chi connectivity index (χ0v) is 27.8. The number of pyridine rings is 1. The molecule has 12 heteroatoms. The largest absolute Gasteiger partial charge is 0.475 e. The van der Waals surface area contributed by atoms with Crippen molar-refractivity contribution < 1.29 is 32.2 Å². The van der Waals surface area contributed by atoms with E-state index in [1.54, 1.807) is 19.9 Å². The van der Waals surface area contributed by atoms with Crippen LogP contribution < -0.4 is 19.1 Å². The van der Waals surface area contributed by atoms with Crippen LogP contribution in [0.4, 0.5) is 19.0 Å². The number of ether oxygens (including phenoxy) is 3. The van der Waals surface area contributed by atoms with Crippen molar-refractivity contribution in [3.05, 3.63) is 41.5 Å². The van der Waals surface area contributed by atoms with Crippen LogP contribution in [0.3, 0.4) is 0 Å². The molecule has 0 saturated carbocycles. The minimum Gasteiger partial charge on any atom is -0.475 e. The zero-order chi connectivity index (χ0) is 34.4. The number of aromatic nitrogens is 3. The number of piperidine rings is 1. The predicted octanol–water partition coefficient (Wildman–Crippen LogP) is 7.89. The third-order valence-electron chi connectivity index (χ3n) is 9.80. The van der Waals surface area contributed by atoms with Crippen molar-refractivity contribution in [2.45, 2.75) is 85.5 Å². The Kier molecular flexibility index (Phi) is 11.3. The summed E-state index contributed by atoms with van der Waals surface area (Å²) < 4.78 is 61.2. The number of carbonyl (C=O) groups is 1. The number of alkyl halides is 1. The quantitative estimate of drug-likeness (QED) is 0.120. The highest BCUT2D eigenvalue weighted by molar-refractivity contribution is 6.04. The van der Waals surface area contributed by atoms with E-state index >= 15 is 4.39 Å². The fraction of sp³-hybridized carbons (Fsp3) is 0.487. The Morgan fingerprint density at radius 2 is 1.82 bits per heavy atom. The second-order valence-corrected chi connectivity index (χ2v) is 13.3. The number of fused-ring (bicyclic) bond motifs is 4. The Morgan fingerprint density at radius 1 is 1.04 bits per heavy atom. The summed E-state index contributed by atoms with van der Waals surface area (Å²) in [5.74, 6) is 0.830. The fourth-order valence-corrected chi connectivity index (χ4v) is 7.37. The van der Waals surface area contributed by atoms with Crippen LogP contribution in [0.1, 0.15) is 72.8 Å². The van der Waals surface area contributed by atoms with Gasteiger partial charge in [-0.1, -0.05) is 40.7 Å². The first-order chi connectivity index (χ1) is 23.7. The first-order valence-electron chi connectivity index (χ1n) is 16.8. The topological polar surface area (TPSA) is 89.9 Å². The van der Waals surface area contributed by atoms with Gasteiger partial charge in [0.05, 0.1) is 24.6 Å². The molecule has 0 amide bonds. The minimum atomic E-state index is -0.791. The van der Waals surface area contributed by atoms with Gasteiger partial charge >= 0.3 is 12.0 Å². The summed E-state index contributed by atoms with van der Waals surface area (Å²) in [5, 5.41) is 1.03. The third kappa shape index (κ3) is 7.01. The van der Waals surface area contributed by atoms with Gasteiger partial charge in [0, 0.05) is 30.1 Å². The van der Waals surface area contributed by atoms with Gasteiger partial charge in [-0.15, -0.1) is 6.42 Å². The monoisotopic (exact) mass is 705 g/mol. The van der Waals surface area contributed by atoms with Gasteiger partial charge in [0.1, 0.15) is 46.8 Å². The van der Waals surface area contributed by atoms with Crippen LogP contribution >= 0.6 is 0 Å². The molecule has 2 aromatic carbocycles. The van der Waals surface area contributed by atoms with Gasteiger partial charge in [0.25, 0.3) is 0 Å². The molecule has 9 nitrogen and oxygen atoms in total. The molecule has 0 aliphatic carbocycles. The number of nitrogens with zero attached hydrogens (tertiary/aromatic N) is 5. The molecule has 0 radical (unpaired) electrons. The number of hydrogen-bond donors (Lipinski definition) is 0. The minimum absolute atomic E-state index is 0. The second kappa shape index (κ2) is 15.3. The number of methoxy groups -OCH3 is 1. The molecular weight excluding hydrogens is 659 g/mol. The van der Waals surface area contributed by atoms with Crippen LogP contribution in [0.15, 0.2) is 24.3 Å². The van der Waals surface area contributed by atoms with Gasteiger partial charge in [-0.05, 0) is 68.7 Å². The van der Waals surface area contributed by atoms with Crippen LogP contribution in [0.25, 0.3) is 32.9 Å². The average Bonchev–Trinajstić information content (AvgIpc) is 3.64. The molecule has 0 N–H and O–H groups in total. The molecule has 4 aliphatic heterocycles. The average molecular weight is 706 g/mol. The van der Waals surface area contributed by atoms with E-state index in [4.69, 9.17) is 20.6 Å². The van der Waals surface area contributed by atoms with Crippen molar-refractivity contribution in [2.24, 2.45) is 5.92 Å². The molecule has 3 fully saturated rings. The number of anilines is 1. The number of esters is 1. The van der Waals surface area contributed by atoms with E-state index in [0.29, 0.717) is 35.8 Å². The highest BCUT2D eigenvalue weighted by Crippen LogP contribution is 2.44. The van der Waals surface area contributed by atoms with Gasteiger partial charge in [0.2, 0.25) is 5.88 Å². The van der Waals surface area contributed by atoms with E-state index in [-0.39, 0.29) is 66.3 Å². The normalized spacial score (nSPS) is 20.5. The second-order valence-electron chi connectivity index (χ2n) is 13.3. The lowest BCUT2D eigenvalue weighted by Crippen LogP contribution is -2.42. The predicted molar refractivity (Wildman–Crippen MR) is 193 cm³/mol. The molecule has 4 aliphatic rings. The first-order valence-corrected chi connectivity index (χ1v) is 16.8. The van der Waals surface area contributed by atoms with Crippen molar-refractivity contribution >= 4 is 33.5 Å². The smallest absolute Gasteiger partial charge is 0.318 e. The van der Waals surface area contributed by atoms with Crippen molar-refractivity contribution in [2.75, 3.05) is 38.3 Å². The number of carbonyl (C=O) groups excluding carboxylic acids is 1. The molecule has 4 aromatic rings. The van der Waals surface area contributed by atoms with Gasteiger partial charge < -0.3 is 19.1 Å². The Morgan fingerprint density at radius 3 is 2.55 bits per heavy atom. The Balaban J connectivity index is 0.000000397. The number of rotatable bonds is 4. The van der Waals surface area contributed by atoms with Crippen molar-refractivity contribution in [1.29, 1.82) is 0 Å². The van der Waals surface area contributed by atoms with E-state index in [1.165, 1.54) is 38.2 Å². The molecule has 0 bridgehead atoms. The highest BCUT2D eigenvalue weighted by Gasteiger charge is 2.35. The number of terminal acetylenes is 1. The Bertz CT molecular complexity index is 1970. The lowest BCUT2D eigenvalue weighted by molar-refractivity contribution is -0.137. The van der Waals surface area contributed by atoms with Gasteiger partial charge in [-0.3, -0.25) is 9.69 Å².